The van der Waals surface area contributed by atoms with Crippen LogP contribution >= 0.6 is 0 Å². The fourth-order valence-corrected chi connectivity index (χ4v) is 5.97. The molecule has 1 aliphatic heterocycles. The number of carbonyl (C=O) groups is 1. The summed E-state index contributed by atoms with van der Waals surface area (Å²) in [7, 11) is -7.97. The first-order chi connectivity index (χ1) is 16.7. The van der Waals surface area contributed by atoms with Gasteiger partial charge in [-0.15, -0.1) is 0 Å². The zero-order chi connectivity index (χ0) is 25.1. The Morgan fingerprint density at radius 1 is 0.857 bits per heavy atom. The number of hydrogen-bond donors (Lipinski definition) is 2. The van der Waals surface area contributed by atoms with E-state index in [4.69, 9.17) is 4.74 Å². The van der Waals surface area contributed by atoms with E-state index in [0.29, 0.717) is 5.69 Å². The number of nitrogens with zero attached hydrogens (tertiary/aromatic N) is 1. The van der Waals surface area contributed by atoms with Crippen LogP contribution in [0.15, 0.2) is 82.6 Å². The van der Waals surface area contributed by atoms with Crippen LogP contribution in [0, 0.1) is 5.82 Å². The molecule has 0 unspecified atom stereocenters. The lowest BCUT2D eigenvalue weighted by Gasteiger charge is -2.26. The summed E-state index contributed by atoms with van der Waals surface area (Å²) in [5, 5.41) is 2.52. The van der Waals surface area contributed by atoms with Crippen LogP contribution in [-0.4, -0.2) is 53.4 Å². The van der Waals surface area contributed by atoms with Gasteiger partial charge in [0.2, 0.25) is 10.0 Å². The van der Waals surface area contributed by atoms with Crippen LogP contribution in [0.4, 0.5) is 15.8 Å². The Morgan fingerprint density at radius 3 is 2.17 bits per heavy atom. The fraction of sp³-hybridized carbons (Fsp3) is 0.174. The Kier molecular flexibility index (Phi) is 7.17. The number of morpholine rings is 1. The normalized spacial score (nSPS) is 14.9. The van der Waals surface area contributed by atoms with Crippen LogP contribution in [0.2, 0.25) is 0 Å². The number of hydrogen-bond acceptors (Lipinski definition) is 6. The molecule has 1 amide bonds. The number of sulfonamides is 2. The maximum absolute atomic E-state index is 14.4. The average molecular weight is 520 g/mol. The monoisotopic (exact) mass is 519 g/mol. The van der Waals surface area contributed by atoms with Crippen molar-refractivity contribution < 1.29 is 30.8 Å². The van der Waals surface area contributed by atoms with E-state index >= 15 is 0 Å². The summed E-state index contributed by atoms with van der Waals surface area (Å²) < 4.78 is 73.9. The molecule has 3 aromatic rings. The molecule has 0 aliphatic carbocycles. The predicted octanol–water partition coefficient (Wildman–Crippen LogP) is 2.90. The van der Waals surface area contributed by atoms with Crippen molar-refractivity contribution in [2.45, 2.75) is 9.79 Å². The summed E-state index contributed by atoms with van der Waals surface area (Å²) in [5.41, 5.74) is 0.602. The summed E-state index contributed by atoms with van der Waals surface area (Å²) >= 11 is 0. The Balaban J connectivity index is 1.50. The Labute approximate surface area is 202 Å². The third kappa shape index (κ3) is 5.68. The van der Waals surface area contributed by atoms with Crippen molar-refractivity contribution in [1.82, 2.24) is 4.31 Å². The molecule has 184 valence electrons. The number of halogens is 1. The smallest absolute Gasteiger partial charge is 0.261 e. The second-order valence-corrected chi connectivity index (χ2v) is 11.2. The van der Waals surface area contributed by atoms with Crippen LogP contribution in [-0.2, 0) is 24.8 Å². The van der Waals surface area contributed by atoms with E-state index in [1.54, 1.807) is 30.3 Å². The van der Waals surface area contributed by atoms with Gasteiger partial charge in [-0.1, -0.05) is 18.2 Å². The van der Waals surface area contributed by atoms with Gasteiger partial charge in [-0.25, -0.2) is 21.2 Å². The zero-order valence-electron chi connectivity index (χ0n) is 18.3. The summed E-state index contributed by atoms with van der Waals surface area (Å²) in [5.74, 6) is -1.55. The second kappa shape index (κ2) is 10.1. The van der Waals surface area contributed by atoms with Crippen molar-refractivity contribution in [2.24, 2.45) is 0 Å². The van der Waals surface area contributed by atoms with Crippen LogP contribution in [0.25, 0.3) is 0 Å². The first-order valence-electron chi connectivity index (χ1n) is 10.5. The van der Waals surface area contributed by atoms with Gasteiger partial charge < -0.3 is 10.1 Å². The zero-order valence-corrected chi connectivity index (χ0v) is 20.0. The maximum Gasteiger partial charge on any atom is 0.261 e. The number of benzene rings is 3. The lowest BCUT2D eigenvalue weighted by Crippen LogP contribution is -2.40. The third-order valence-corrected chi connectivity index (χ3v) is 8.54. The minimum atomic E-state index is -4.11. The molecule has 0 aromatic heterocycles. The summed E-state index contributed by atoms with van der Waals surface area (Å²) in [6, 6.07) is 16.8. The van der Waals surface area contributed by atoms with Crippen LogP contribution in [0.5, 0.6) is 0 Å². The lowest BCUT2D eigenvalue weighted by molar-refractivity contribution is 0.0729. The van der Waals surface area contributed by atoms with Crippen molar-refractivity contribution in [1.29, 1.82) is 0 Å². The lowest BCUT2D eigenvalue weighted by atomic mass is 10.2. The SMILES string of the molecule is O=C(Nc1ccc(F)c(S(=O)(=O)N2CCOCC2)c1)c1ccc(S(=O)(=O)Nc2ccccc2)cc1. The molecule has 0 atom stereocenters. The molecule has 0 bridgehead atoms. The highest BCUT2D eigenvalue weighted by molar-refractivity contribution is 7.92. The van der Waals surface area contributed by atoms with E-state index in [1.165, 1.54) is 30.3 Å². The fourth-order valence-electron chi connectivity index (χ4n) is 3.41. The van der Waals surface area contributed by atoms with Crippen molar-refractivity contribution in [3.63, 3.8) is 0 Å². The molecule has 1 saturated heterocycles. The van der Waals surface area contributed by atoms with Crippen molar-refractivity contribution >= 4 is 37.3 Å². The van der Waals surface area contributed by atoms with E-state index < -0.39 is 36.7 Å². The first-order valence-corrected chi connectivity index (χ1v) is 13.5. The molecule has 1 fully saturated rings. The van der Waals surface area contributed by atoms with Gasteiger partial charge in [-0.05, 0) is 54.6 Å². The minimum Gasteiger partial charge on any atom is -0.379 e. The number of rotatable bonds is 7. The predicted molar refractivity (Wildman–Crippen MR) is 128 cm³/mol. The largest absolute Gasteiger partial charge is 0.379 e. The topological polar surface area (TPSA) is 122 Å². The number of carbonyl (C=O) groups excluding carboxylic acids is 1. The second-order valence-electron chi connectivity index (χ2n) is 7.61. The molecule has 2 N–H and O–H groups in total. The van der Waals surface area contributed by atoms with Crippen LogP contribution < -0.4 is 10.0 Å². The van der Waals surface area contributed by atoms with E-state index in [1.807, 2.05) is 0 Å². The van der Waals surface area contributed by atoms with Gasteiger partial charge in [-0.2, -0.15) is 4.31 Å². The van der Waals surface area contributed by atoms with Crippen LogP contribution in [0.1, 0.15) is 10.4 Å². The van der Waals surface area contributed by atoms with Crippen LogP contribution in [0.3, 0.4) is 0 Å². The summed E-state index contributed by atoms with van der Waals surface area (Å²) in [4.78, 5) is 12.1. The molecular weight excluding hydrogens is 497 g/mol. The maximum atomic E-state index is 14.4. The van der Waals surface area contributed by atoms with Crippen molar-refractivity contribution in [3.8, 4) is 0 Å². The molecule has 35 heavy (non-hydrogen) atoms. The Morgan fingerprint density at radius 2 is 1.51 bits per heavy atom. The van der Waals surface area contributed by atoms with E-state index in [9.17, 15) is 26.0 Å². The minimum absolute atomic E-state index is 0.0430. The molecular formula is C23H22FN3O6S2. The first kappa shape index (κ1) is 24.8. The molecule has 12 heteroatoms. The Hall–Kier alpha value is -3.32. The highest BCUT2D eigenvalue weighted by Crippen LogP contribution is 2.24. The quantitative estimate of drug-likeness (QED) is 0.495. The molecule has 0 radical (unpaired) electrons. The van der Waals surface area contributed by atoms with Gasteiger partial charge in [0, 0.05) is 30.0 Å². The number of amides is 1. The summed E-state index contributed by atoms with van der Waals surface area (Å²) in [6.45, 7) is 0.632. The highest BCUT2D eigenvalue weighted by Gasteiger charge is 2.29. The van der Waals surface area contributed by atoms with E-state index in [-0.39, 0.29) is 42.4 Å². The number of nitrogens with one attached hydrogen (secondary N) is 2. The molecule has 9 nitrogen and oxygen atoms in total. The standard InChI is InChI=1S/C23H22FN3O6S2/c24-21-11-8-19(16-22(21)35(31,32)27-12-14-33-15-13-27)25-23(28)17-6-9-20(10-7-17)34(29,30)26-18-4-2-1-3-5-18/h1-11,16,26H,12-15H2,(H,25,28). The van der Waals surface area contributed by atoms with Gasteiger partial charge in [-0.3, -0.25) is 9.52 Å². The van der Waals surface area contributed by atoms with E-state index in [2.05, 4.69) is 10.0 Å². The number of anilines is 2. The average Bonchev–Trinajstić information content (AvgIpc) is 2.86. The molecule has 4 rings (SSSR count). The number of para-hydroxylation sites is 1. The highest BCUT2D eigenvalue weighted by atomic mass is 32.2. The van der Waals surface area contributed by atoms with Gasteiger partial charge in [0.15, 0.2) is 0 Å². The molecule has 0 saturated carbocycles. The van der Waals surface area contributed by atoms with Gasteiger partial charge in [0.05, 0.1) is 18.1 Å². The van der Waals surface area contributed by atoms with Gasteiger partial charge in [0.25, 0.3) is 15.9 Å². The molecule has 1 heterocycles. The van der Waals surface area contributed by atoms with Gasteiger partial charge >= 0.3 is 0 Å². The van der Waals surface area contributed by atoms with E-state index in [0.717, 1.165) is 16.4 Å². The van der Waals surface area contributed by atoms with Gasteiger partial charge in [0.1, 0.15) is 10.7 Å². The molecule has 1 aliphatic rings. The third-order valence-electron chi connectivity index (χ3n) is 5.23. The Bertz CT molecular complexity index is 1420. The number of ether oxygens (including phenoxy) is 1. The summed E-state index contributed by atoms with van der Waals surface area (Å²) in [6.07, 6.45) is 0. The molecule has 0 spiro atoms. The van der Waals surface area contributed by atoms with Crippen molar-refractivity contribution in [2.75, 3.05) is 36.3 Å². The van der Waals surface area contributed by atoms with Crippen molar-refractivity contribution in [3.05, 3.63) is 84.2 Å². The molecule has 3 aromatic carbocycles.